The quantitative estimate of drug-likeness (QED) is 0.648. The summed E-state index contributed by atoms with van der Waals surface area (Å²) in [7, 11) is 0. The van der Waals surface area contributed by atoms with Gasteiger partial charge in [0, 0.05) is 0 Å². The molecule has 1 radical (unpaired) electrons. The van der Waals surface area contributed by atoms with Crippen LogP contribution in [0.1, 0.15) is 0 Å². The van der Waals surface area contributed by atoms with Crippen LogP contribution in [0.25, 0.3) is 0 Å². The summed E-state index contributed by atoms with van der Waals surface area (Å²) in [6.07, 6.45) is 0. The minimum absolute atomic E-state index is 0.612. The first-order valence-corrected chi connectivity index (χ1v) is 11.2. The molecule has 0 bridgehead atoms. The summed E-state index contributed by atoms with van der Waals surface area (Å²) in [5.74, 6) is 6.80. The summed E-state index contributed by atoms with van der Waals surface area (Å²) in [4.78, 5) is 0. The van der Waals surface area contributed by atoms with Crippen LogP contribution in [0.4, 0.5) is 0 Å². The zero-order valence-corrected chi connectivity index (χ0v) is 12.5. The first-order chi connectivity index (χ1) is 5.80. The molecule has 0 unspecified atom stereocenters. The van der Waals surface area contributed by atoms with Crippen LogP contribution >= 0.6 is 0 Å². The summed E-state index contributed by atoms with van der Waals surface area (Å²) in [6, 6.07) is 8.14. The Morgan fingerprint density at radius 1 is 0.917 bits per heavy atom. The van der Waals surface area contributed by atoms with Gasteiger partial charge < -0.3 is 0 Å². The summed E-state index contributed by atoms with van der Waals surface area (Å²) in [5.41, 5.74) is 0. The summed E-state index contributed by atoms with van der Waals surface area (Å²) < 4.78 is 4.43. The summed E-state index contributed by atoms with van der Waals surface area (Å²) >= 11 is 1.87. The number of benzene rings is 1. The second-order valence-electron chi connectivity index (χ2n) is 2.16. The van der Waals surface area contributed by atoms with Crippen LogP contribution in [-0.2, 0) is 0 Å². The van der Waals surface area contributed by atoms with E-state index in [0.29, 0.717) is 44.9 Å². The summed E-state index contributed by atoms with van der Waals surface area (Å²) in [6.45, 7) is 0. The van der Waals surface area contributed by atoms with Crippen LogP contribution in [0.15, 0.2) is 12.1 Å². The Morgan fingerprint density at radius 3 is 1.75 bits per heavy atom. The van der Waals surface area contributed by atoms with Gasteiger partial charge in [-0.05, 0) is 0 Å². The standard InChI is InChI=1S/C9H11Se3/c1-10-7-4-8(11-2)6-9(5-7)12-3/h4-5H,1-3H3. The Balaban J connectivity index is 3.01. The van der Waals surface area contributed by atoms with Gasteiger partial charge in [-0.15, -0.1) is 0 Å². The van der Waals surface area contributed by atoms with Gasteiger partial charge in [0.15, 0.2) is 0 Å². The molecule has 0 aromatic heterocycles. The molecule has 0 fully saturated rings. The van der Waals surface area contributed by atoms with Crippen molar-refractivity contribution in [3.63, 3.8) is 0 Å². The fourth-order valence-corrected chi connectivity index (χ4v) is 4.82. The van der Waals surface area contributed by atoms with E-state index in [9.17, 15) is 0 Å². The van der Waals surface area contributed by atoms with Crippen LogP contribution < -0.4 is 13.4 Å². The van der Waals surface area contributed by atoms with Crippen molar-refractivity contribution in [2.24, 2.45) is 0 Å². The third-order valence-corrected chi connectivity index (χ3v) is 5.72. The van der Waals surface area contributed by atoms with Gasteiger partial charge in [0.2, 0.25) is 0 Å². The van der Waals surface area contributed by atoms with E-state index in [1.165, 1.54) is 8.92 Å². The molecule has 0 N–H and O–H groups in total. The predicted molar refractivity (Wildman–Crippen MR) is 59.0 cm³/mol. The van der Waals surface area contributed by atoms with Crippen molar-refractivity contribution < 1.29 is 0 Å². The number of rotatable bonds is 3. The molecule has 12 heavy (non-hydrogen) atoms. The molecule has 0 amide bonds. The van der Waals surface area contributed by atoms with Crippen molar-refractivity contribution in [3.05, 3.63) is 18.2 Å². The molecule has 1 rings (SSSR count). The molecule has 1 aromatic rings. The van der Waals surface area contributed by atoms with Crippen molar-refractivity contribution in [3.8, 4) is 0 Å². The van der Waals surface area contributed by atoms with Gasteiger partial charge in [-0.2, -0.15) is 0 Å². The fourth-order valence-electron chi connectivity index (χ4n) is 0.831. The molecule has 0 aliphatic carbocycles. The van der Waals surface area contributed by atoms with Gasteiger partial charge in [0.1, 0.15) is 0 Å². The molecular formula is C9H11Se3. The number of hydrogen-bond donors (Lipinski definition) is 0. The molecule has 0 aliphatic rings. The van der Waals surface area contributed by atoms with E-state index >= 15 is 0 Å². The van der Waals surface area contributed by atoms with Crippen LogP contribution in [0.5, 0.6) is 0 Å². The zero-order valence-electron chi connectivity index (χ0n) is 7.38. The first-order valence-electron chi connectivity index (χ1n) is 3.49. The monoisotopic (exact) mass is 359 g/mol. The van der Waals surface area contributed by atoms with Gasteiger partial charge in [-0.1, -0.05) is 0 Å². The van der Waals surface area contributed by atoms with Crippen molar-refractivity contribution >= 4 is 58.3 Å². The Hall–Kier alpha value is 0.778. The molecule has 0 spiro atoms. The molecule has 0 atom stereocenters. The third kappa shape index (κ3) is 2.92. The molecule has 0 saturated carbocycles. The Bertz CT molecular complexity index is 203. The Kier molecular flexibility index (Phi) is 4.97. The van der Waals surface area contributed by atoms with E-state index in [1.54, 1.807) is 4.46 Å². The molecule has 3 heteroatoms. The van der Waals surface area contributed by atoms with Gasteiger partial charge in [-0.3, -0.25) is 0 Å². The third-order valence-electron chi connectivity index (χ3n) is 1.47. The molecule has 0 nitrogen and oxygen atoms in total. The van der Waals surface area contributed by atoms with E-state index in [4.69, 9.17) is 0 Å². The van der Waals surface area contributed by atoms with Crippen molar-refractivity contribution in [1.82, 2.24) is 0 Å². The van der Waals surface area contributed by atoms with Crippen LogP contribution in [0.2, 0.25) is 17.5 Å². The van der Waals surface area contributed by atoms with Gasteiger partial charge in [-0.25, -0.2) is 0 Å². The van der Waals surface area contributed by atoms with E-state index in [0.717, 1.165) is 0 Å². The van der Waals surface area contributed by atoms with Crippen LogP contribution in [0.3, 0.4) is 0 Å². The molecular weight excluding hydrogens is 345 g/mol. The average Bonchev–Trinajstić information content (AvgIpc) is 2.16. The predicted octanol–water partition coefficient (Wildman–Crippen LogP) is -0.380. The van der Waals surface area contributed by atoms with E-state index in [2.05, 4.69) is 35.7 Å². The molecule has 0 heterocycles. The zero-order chi connectivity index (χ0) is 8.97. The van der Waals surface area contributed by atoms with Crippen LogP contribution in [0, 0.1) is 6.07 Å². The van der Waals surface area contributed by atoms with Crippen molar-refractivity contribution in [1.29, 1.82) is 0 Å². The fraction of sp³-hybridized carbons (Fsp3) is 0.333. The minimum atomic E-state index is 0.612. The Morgan fingerprint density at radius 2 is 1.42 bits per heavy atom. The van der Waals surface area contributed by atoms with Gasteiger partial charge >= 0.3 is 93.9 Å². The van der Waals surface area contributed by atoms with E-state index in [1.807, 2.05) is 0 Å². The molecule has 1 aromatic carbocycles. The Labute approximate surface area is 93.4 Å². The molecule has 0 saturated heterocycles. The van der Waals surface area contributed by atoms with Gasteiger partial charge in [0.05, 0.1) is 0 Å². The second-order valence-corrected chi connectivity index (χ2v) is 7.56. The molecule has 0 aliphatic heterocycles. The average molecular weight is 356 g/mol. The SMILES string of the molecule is C[Se]c1[c]c([Se]C)cc([Se]C)c1. The first kappa shape index (κ1) is 10.9. The van der Waals surface area contributed by atoms with E-state index in [-0.39, 0.29) is 0 Å². The summed E-state index contributed by atoms with van der Waals surface area (Å²) in [5, 5.41) is 0. The van der Waals surface area contributed by atoms with Gasteiger partial charge in [0.25, 0.3) is 0 Å². The topological polar surface area (TPSA) is 0 Å². The van der Waals surface area contributed by atoms with Crippen molar-refractivity contribution in [2.75, 3.05) is 0 Å². The normalized spacial score (nSPS) is 10.2. The van der Waals surface area contributed by atoms with E-state index < -0.39 is 0 Å². The second kappa shape index (κ2) is 5.50. The molecule has 65 valence electrons. The maximum absolute atomic E-state index is 3.48. The number of hydrogen-bond acceptors (Lipinski definition) is 0. The van der Waals surface area contributed by atoms with Crippen LogP contribution in [-0.4, -0.2) is 44.9 Å². The maximum atomic E-state index is 3.48. The van der Waals surface area contributed by atoms with Crippen molar-refractivity contribution in [2.45, 2.75) is 17.5 Å².